The predicted octanol–water partition coefficient (Wildman–Crippen LogP) is 3.35. The van der Waals surface area contributed by atoms with Gasteiger partial charge in [-0.3, -0.25) is 4.79 Å². The topological polar surface area (TPSA) is 79.4 Å². The Kier molecular flexibility index (Phi) is 6.24. The quantitative estimate of drug-likeness (QED) is 0.813. The lowest BCUT2D eigenvalue weighted by Gasteiger charge is -2.28. The molecule has 1 aromatic heterocycles. The van der Waals surface area contributed by atoms with Crippen LogP contribution in [0, 0.1) is 12.8 Å². The summed E-state index contributed by atoms with van der Waals surface area (Å²) in [4.78, 5) is 23.2. The number of benzene rings is 1. The second-order valence-electron chi connectivity index (χ2n) is 7.14. The number of ether oxygens (including phenoxy) is 1. The number of rotatable bonds is 6. The molecule has 2 aromatic rings. The average Bonchev–Trinajstić information content (AvgIpc) is 2.63. The van der Waals surface area contributed by atoms with Gasteiger partial charge >= 0.3 is 0 Å². The van der Waals surface area contributed by atoms with E-state index in [-0.39, 0.29) is 5.91 Å². The van der Waals surface area contributed by atoms with Crippen LogP contribution in [-0.4, -0.2) is 42.2 Å². The van der Waals surface area contributed by atoms with Gasteiger partial charge in [-0.2, -0.15) is 4.98 Å². The van der Waals surface area contributed by atoms with Crippen LogP contribution in [-0.2, 0) is 9.53 Å². The third-order valence-corrected chi connectivity index (χ3v) is 4.19. The maximum atomic E-state index is 11.9. The number of nitrogens with zero attached hydrogens (tertiary/aromatic N) is 3. The van der Waals surface area contributed by atoms with Crippen molar-refractivity contribution in [1.29, 1.82) is 0 Å². The molecule has 0 spiro atoms. The summed E-state index contributed by atoms with van der Waals surface area (Å²) in [6.45, 7) is 9.12. The van der Waals surface area contributed by atoms with Crippen molar-refractivity contribution in [3.05, 3.63) is 36.0 Å². The van der Waals surface area contributed by atoms with Crippen LogP contribution in [0.25, 0.3) is 0 Å². The van der Waals surface area contributed by atoms with Gasteiger partial charge in [-0.05, 0) is 37.1 Å². The number of hydrogen-bond acceptors (Lipinski definition) is 6. The molecule has 1 amide bonds. The predicted molar refractivity (Wildman–Crippen MR) is 108 cm³/mol. The molecule has 2 N–H and O–H groups in total. The third-order valence-electron chi connectivity index (χ3n) is 4.19. The number of aryl methyl sites for hydroxylation is 1. The van der Waals surface area contributed by atoms with E-state index in [9.17, 15) is 4.79 Å². The zero-order valence-electron chi connectivity index (χ0n) is 16.2. The molecule has 27 heavy (non-hydrogen) atoms. The normalized spacial score (nSPS) is 14.3. The van der Waals surface area contributed by atoms with Crippen molar-refractivity contribution in [3.63, 3.8) is 0 Å². The van der Waals surface area contributed by atoms with Crippen molar-refractivity contribution in [2.45, 2.75) is 27.2 Å². The van der Waals surface area contributed by atoms with Gasteiger partial charge in [-0.25, -0.2) is 4.98 Å². The lowest BCUT2D eigenvalue weighted by Crippen LogP contribution is -2.36. The van der Waals surface area contributed by atoms with Gasteiger partial charge in [0.25, 0.3) is 0 Å². The molecule has 2 heterocycles. The standard InChI is InChI=1S/C20H27N5O2/c1-14(2)12-19(26)22-16-4-6-17(7-5-16)23-20-21-15(3)13-18(24-20)25-8-10-27-11-9-25/h4-7,13-14H,8-12H2,1-3H3,(H,22,26)(H,21,23,24). The first-order chi connectivity index (χ1) is 13.0. The average molecular weight is 369 g/mol. The largest absolute Gasteiger partial charge is 0.378 e. The fraction of sp³-hybridized carbons (Fsp3) is 0.450. The maximum Gasteiger partial charge on any atom is 0.229 e. The summed E-state index contributed by atoms with van der Waals surface area (Å²) >= 11 is 0. The van der Waals surface area contributed by atoms with Gasteiger partial charge in [0.15, 0.2) is 0 Å². The third kappa shape index (κ3) is 5.65. The molecule has 7 heteroatoms. The molecule has 7 nitrogen and oxygen atoms in total. The summed E-state index contributed by atoms with van der Waals surface area (Å²) in [6.07, 6.45) is 0.515. The van der Waals surface area contributed by atoms with Crippen LogP contribution in [0.15, 0.2) is 30.3 Å². The monoisotopic (exact) mass is 369 g/mol. The van der Waals surface area contributed by atoms with Gasteiger partial charge in [0.2, 0.25) is 11.9 Å². The second-order valence-corrected chi connectivity index (χ2v) is 7.14. The molecule has 0 bridgehead atoms. The van der Waals surface area contributed by atoms with Crippen LogP contribution in [0.1, 0.15) is 26.0 Å². The van der Waals surface area contributed by atoms with Crippen molar-refractivity contribution in [3.8, 4) is 0 Å². The fourth-order valence-electron chi connectivity index (χ4n) is 2.91. The van der Waals surface area contributed by atoms with E-state index in [4.69, 9.17) is 4.74 Å². The highest BCUT2D eigenvalue weighted by molar-refractivity contribution is 5.91. The number of hydrogen-bond donors (Lipinski definition) is 2. The van der Waals surface area contributed by atoms with Crippen molar-refractivity contribution in [2.75, 3.05) is 41.8 Å². The van der Waals surface area contributed by atoms with E-state index in [0.29, 0.717) is 18.3 Å². The Bertz CT molecular complexity index is 770. The molecule has 1 saturated heterocycles. The number of carbonyl (C=O) groups excluding carboxylic acids is 1. The minimum Gasteiger partial charge on any atom is -0.378 e. The summed E-state index contributed by atoms with van der Waals surface area (Å²) in [6, 6.07) is 9.55. The summed E-state index contributed by atoms with van der Waals surface area (Å²) in [5, 5.41) is 6.15. The molecule has 1 fully saturated rings. The van der Waals surface area contributed by atoms with Crippen LogP contribution in [0.2, 0.25) is 0 Å². The van der Waals surface area contributed by atoms with Gasteiger partial charge in [-0.15, -0.1) is 0 Å². The summed E-state index contributed by atoms with van der Waals surface area (Å²) in [7, 11) is 0. The van der Waals surface area contributed by atoms with E-state index in [2.05, 4.69) is 25.5 Å². The first-order valence-corrected chi connectivity index (χ1v) is 9.35. The zero-order valence-corrected chi connectivity index (χ0v) is 16.2. The highest BCUT2D eigenvalue weighted by atomic mass is 16.5. The minimum absolute atomic E-state index is 0.0304. The Hall–Kier alpha value is -2.67. The van der Waals surface area contributed by atoms with E-state index >= 15 is 0 Å². The summed E-state index contributed by atoms with van der Waals surface area (Å²) < 4.78 is 5.41. The SMILES string of the molecule is Cc1cc(N2CCOCC2)nc(Nc2ccc(NC(=O)CC(C)C)cc2)n1. The highest BCUT2D eigenvalue weighted by Gasteiger charge is 2.14. The van der Waals surface area contributed by atoms with Crippen LogP contribution in [0.5, 0.6) is 0 Å². The van der Waals surface area contributed by atoms with Crippen molar-refractivity contribution in [2.24, 2.45) is 5.92 Å². The van der Waals surface area contributed by atoms with Gasteiger partial charge in [0, 0.05) is 42.6 Å². The van der Waals surface area contributed by atoms with Gasteiger partial charge in [-0.1, -0.05) is 13.8 Å². The van der Waals surface area contributed by atoms with E-state index in [1.54, 1.807) is 0 Å². The Morgan fingerprint density at radius 1 is 1.15 bits per heavy atom. The number of nitrogens with one attached hydrogen (secondary N) is 2. The highest BCUT2D eigenvalue weighted by Crippen LogP contribution is 2.21. The van der Waals surface area contributed by atoms with E-state index in [0.717, 1.165) is 49.2 Å². The second kappa shape index (κ2) is 8.81. The summed E-state index contributed by atoms with van der Waals surface area (Å²) in [5.41, 5.74) is 2.56. The molecule has 0 unspecified atom stereocenters. The molecular formula is C20H27N5O2. The summed E-state index contributed by atoms with van der Waals surface area (Å²) in [5.74, 6) is 1.84. The van der Waals surface area contributed by atoms with Gasteiger partial charge < -0.3 is 20.3 Å². The Morgan fingerprint density at radius 2 is 1.81 bits per heavy atom. The Labute approximate surface area is 160 Å². The molecular weight excluding hydrogens is 342 g/mol. The van der Waals surface area contributed by atoms with Crippen LogP contribution >= 0.6 is 0 Å². The number of aromatic nitrogens is 2. The molecule has 1 aromatic carbocycles. The van der Waals surface area contributed by atoms with Crippen molar-refractivity contribution >= 4 is 29.0 Å². The van der Waals surface area contributed by atoms with E-state index in [1.165, 1.54) is 0 Å². The van der Waals surface area contributed by atoms with Crippen molar-refractivity contribution in [1.82, 2.24) is 9.97 Å². The molecule has 1 aliphatic heterocycles. The minimum atomic E-state index is 0.0304. The number of carbonyl (C=O) groups is 1. The number of anilines is 4. The number of morpholine rings is 1. The first-order valence-electron chi connectivity index (χ1n) is 9.35. The lowest BCUT2D eigenvalue weighted by atomic mass is 10.1. The lowest BCUT2D eigenvalue weighted by molar-refractivity contribution is -0.116. The fourth-order valence-corrected chi connectivity index (χ4v) is 2.91. The molecule has 0 atom stereocenters. The van der Waals surface area contributed by atoms with Crippen molar-refractivity contribution < 1.29 is 9.53 Å². The Balaban J connectivity index is 1.66. The van der Waals surface area contributed by atoms with Crippen LogP contribution in [0.4, 0.5) is 23.1 Å². The smallest absolute Gasteiger partial charge is 0.229 e. The maximum absolute atomic E-state index is 11.9. The Morgan fingerprint density at radius 3 is 2.48 bits per heavy atom. The van der Waals surface area contributed by atoms with E-state index < -0.39 is 0 Å². The van der Waals surface area contributed by atoms with Gasteiger partial charge in [0.1, 0.15) is 5.82 Å². The zero-order chi connectivity index (χ0) is 19.2. The molecule has 3 rings (SSSR count). The molecule has 0 saturated carbocycles. The number of amides is 1. The molecule has 144 valence electrons. The van der Waals surface area contributed by atoms with Crippen LogP contribution in [0.3, 0.4) is 0 Å². The molecule has 0 radical (unpaired) electrons. The molecule has 0 aliphatic carbocycles. The van der Waals surface area contributed by atoms with Crippen LogP contribution < -0.4 is 15.5 Å². The molecule has 1 aliphatic rings. The van der Waals surface area contributed by atoms with Gasteiger partial charge in [0.05, 0.1) is 13.2 Å². The van der Waals surface area contributed by atoms with E-state index in [1.807, 2.05) is 51.1 Å². The first kappa shape index (κ1) is 19.1.